The molecule has 1 fully saturated rings. The first kappa shape index (κ1) is 24.5. The fourth-order valence-corrected chi connectivity index (χ4v) is 2.70. The smallest absolute Gasteiger partial charge is 0.480 e. The van der Waals surface area contributed by atoms with Gasteiger partial charge in [-0.3, -0.25) is 0 Å². The minimum atomic E-state index is 0. The SMILES string of the molecule is CC.[NH-]c1nc(-c2cncnc2)ccc1N.[W+2].[c-]1cnccc1N1CCCCC1. The Hall–Kier alpha value is -2.53. The van der Waals surface area contributed by atoms with E-state index in [0.29, 0.717) is 11.4 Å². The first-order chi connectivity index (χ1) is 13.7. The van der Waals surface area contributed by atoms with Crippen LogP contribution in [-0.2, 0) is 21.1 Å². The van der Waals surface area contributed by atoms with Gasteiger partial charge in [-0.25, -0.2) is 16.0 Å². The molecule has 1 aliphatic rings. The molecule has 0 atom stereocenters. The number of pyridine rings is 2. The maximum atomic E-state index is 7.43. The number of nitrogens with two attached hydrogens (primary N) is 1. The Morgan fingerprint density at radius 2 is 1.69 bits per heavy atom. The van der Waals surface area contributed by atoms with E-state index in [1.165, 1.54) is 44.4 Å². The van der Waals surface area contributed by atoms with E-state index in [1.807, 2.05) is 26.1 Å². The van der Waals surface area contributed by atoms with Crippen LogP contribution < -0.4 is 10.6 Å². The summed E-state index contributed by atoms with van der Waals surface area (Å²) in [5.74, 6) is 0.0753. The molecule has 0 amide bonds. The number of hydrogen-bond acceptors (Lipinski definition) is 6. The third kappa shape index (κ3) is 7.78. The zero-order chi connectivity index (χ0) is 20.2. The summed E-state index contributed by atoms with van der Waals surface area (Å²) < 4.78 is 0. The van der Waals surface area contributed by atoms with Crippen LogP contribution >= 0.6 is 0 Å². The van der Waals surface area contributed by atoms with Gasteiger partial charge in [-0.15, -0.1) is 5.69 Å². The van der Waals surface area contributed by atoms with E-state index < -0.39 is 0 Å². The normalized spacial score (nSPS) is 12.4. The van der Waals surface area contributed by atoms with Gasteiger partial charge in [0.2, 0.25) is 0 Å². The standard InChI is InChI=1S/C10H13N2.C9H8N5.C2H6.W/c1-2-8-12(9-3-1)10-4-6-11-7-5-10;10-7-1-2-8(14-9(7)11)6-3-12-5-13-4-6;1-2;/h4,6-7H,1-3,8-9H2;1-5H,10H2,(H-,11,14);1-2H3;/q2*-1;;+2. The first-order valence-electron chi connectivity index (χ1n) is 9.54. The number of aromatic nitrogens is 4. The number of nitrogen functional groups attached to an aromatic ring is 1. The van der Waals surface area contributed by atoms with E-state index in [2.05, 4.69) is 30.9 Å². The number of nitrogens with zero attached hydrogens (tertiary/aromatic N) is 5. The topological polar surface area (TPSA) is 105 Å². The maximum absolute atomic E-state index is 7.43. The van der Waals surface area contributed by atoms with Crippen LogP contribution in [0.3, 0.4) is 0 Å². The van der Waals surface area contributed by atoms with Crippen molar-refractivity contribution < 1.29 is 21.1 Å². The zero-order valence-corrected chi connectivity index (χ0v) is 19.8. The fourth-order valence-electron chi connectivity index (χ4n) is 2.70. The van der Waals surface area contributed by atoms with E-state index in [-0.39, 0.29) is 26.9 Å². The van der Waals surface area contributed by atoms with Crippen molar-refractivity contribution >= 4 is 17.2 Å². The van der Waals surface area contributed by atoms with Crippen LogP contribution in [0.25, 0.3) is 17.0 Å². The summed E-state index contributed by atoms with van der Waals surface area (Å²) in [5.41, 5.74) is 15.9. The van der Waals surface area contributed by atoms with Gasteiger partial charge in [0.1, 0.15) is 6.33 Å². The number of hydrogen-bond donors (Lipinski definition) is 1. The molecule has 7 nitrogen and oxygen atoms in total. The monoisotopic (exact) mass is 561 g/mol. The van der Waals surface area contributed by atoms with Crippen molar-refractivity contribution in [3.05, 3.63) is 61.1 Å². The molecule has 4 rings (SSSR count). The van der Waals surface area contributed by atoms with Crippen LogP contribution in [0, 0.1) is 6.07 Å². The Bertz CT molecular complexity index is 810. The Labute approximate surface area is 187 Å². The van der Waals surface area contributed by atoms with Gasteiger partial charge < -0.3 is 26.3 Å². The van der Waals surface area contributed by atoms with E-state index in [0.717, 1.165) is 5.56 Å². The fraction of sp³-hybridized carbons (Fsp3) is 0.333. The van der Waals surface area contributed by atoms with Crippen molar-refractivity contribution in [2.75, 3.05) is 23.7 Å². The van der Waals surface area contributed by atoms with Crippen LogP contribution in [0.1, 0.15) is 33.1 Å². The van der Waals surface area contributed by atoms with Crippen molar-refractivity contribution in [1.82, 2.24) is 19.9 Å². The molecule has 3 aromatic heterocycles. The van der Waals surface area contributed by atoms with Gasteiger partial charge in [-0.05, 0) is 36.8 Å². The number of nitrogens with one attached hydrogen (secondary N) is 1. The molecule has 1 aliphatic heterocycles. The molecule has 0 aliphatic carbocycles. The molecule has 0 bridgehead atoms. The van der Waals surface area contributed by atoms with E-state index in [1.54, 1.807) is 30.7 Å². The largest absolute Gasteiger partial charge is 2.00 e. The second kappa shape index (κ2) is 13.6. The van der Waals surface area contributed by atoms with Crippen molar-refractivity contribution in [2.24, 2.45) is 0 Å². The van der Waals surface area contributed by atoms with Gasteiger partial charge in [-0.2, -0.15) is 6.07 Å². The van der Waals surface area contributed by atoms with E-state index >= 15 is 0 Å². The molecule has 152 valence electrons. The number of piperidine rings is 1. The van der Waals surface area contributed by atoms with Crippen molar-refractivity contribution in [1.29, 1.82) is 0 Å². The summed E-state index contributed by atoms with van der Waals surface area (Å²) in [4.78, 5) is 18.1. The van der Waals surface area contributed by atoms with Crippen LogP contribution in [0.5, 0.6) is 0 Å². The molecule has 1 saturated heterocycles. The van der Waals surface area contributed by atoms with Gasteiger partial charge in [0, 0.05) is 36.7 Å². The van der Waals surface area contributed by atoms with Gasteiger partial charge in [0.15, 0.2) is 0 Å². The summed E-state index contributed by atoms with van der Waals surface area (Å²) in [6, 6.07) is 8.58. The van der Waals surface area contributed by atoms with Gasteiger partial charge >= 0.3 is 21.1 Å². The minimum absolute atomic E-state index is 0. The zero-order valence-electron chi connectivity index (χ0n) is 16.9. The quantitative estimate of drug-likeness (QED) is 0.455. The van der Waals surface area contributed by atoms with Crippen LogP contribution in [0.4, 0.5) is 17.2 Å². The molecule has 0 saturated carbocycles. The van der Waals surface area contributed by atoms with Crippen molar-refractivity contribution in [2.45, 2.75) is 33.1 Å². The third-order valence-electron chi connectivity index (χ3n) is 4.08. The predicted molar refractivity (Wildman–Crippen MR) is 114 cm³/mol. The Morgan fingerprint density at radius 3 is 2.28 bits per heavy atom. The first-order valence-corrected chi connectivity index (χ1v) is 9.54. The minimum Gasteiger partial charge on any atom is -0.480 e. The van der Waals surface area contributed by atoms with Crippen molar-refractivity contribution in [3.8, 4) is 11.3 Å². The molecule has 8 heteroatoms. The molecule has 0 unspecified atom stereocenters. The summed E-state index contributed by atoms with van der Waals surface area (Å²) in [6.45, 7) is 6.36. The number of anilines is 2. The second-order valence-electron chi connectivity index (χ2n) is 5.93. The molecule has 0 aromatic carbocycles. The Balaban J connectivity index is 0.000000261. The molecular formula is C21H27N7W. The molecule has 4 heterocycles. The molecule has 29 heavy (non-hydrogen) atoms. The number of rotatable bonds is 2. The summed E-state index contributed by atoms with van der Waals surface area (Å²) >= 11 is 0. The molecule has 3 aromatic rings. The second-order valence-corrected chi connectivity index (χ2v) is 5.93. The summed E-state index contributed by atoms with van der Waals surface area (Å²) in [6.07, 6.45) is 12.3. The summed E-state index contributed by atoms with van der Waals surface area (Å²) in [7, 11) is 0. The van der Waals surface area contributed by atoms with Gasteiger partial charge in [-0.1, -0.05) is 32.3 Å². The molecular weight excluding hydrogens is 534 g/mol. The molecule has 0 radical (unpaired) electrons. The average Bonchev–Trinajstić information content (AvgIpc) is 2.79. The maximum Gasteiger partial charge on any atom is 2.00 e. The Kier molecular flexibility index (Phi) is 11.5. The van der Waals surface area contributed by atoms with Crippen LogP contribution in [0.15, 0.2) is 49.3 Å². The van der Waals surface area contributed by atoms with E-state index in [9.17, 15) is 0 Å². The Morgan fingerprint density at radius 1 is 1.00 bits per heavy atom. The molecule has 0 spiro atoms. The van der Waals surface area contributed by atoms with E-state index in [4.69, 9.17) is 11.5 Å². The predicted octanol–water partition coefficient (Wildman–Crippen LogP) is 4.70. The van der Waals surface area contributed by atoms with Gasteiger partial charge in [0.05, 0.1) is 0 Å². The average molecular weight is 561 g/mol. The third-order valence-corrected chi connectivity index (χ3v) is 4.08. The van der Waals surface area contributed by atoms with Crippen LogP contribution in [0.2, 0.25) is 0 Å². The van der Waals surface area contributed by atoms with Crippen LogP contribution in [-0.4, -0.2) is 33.0 Å². The summed E-state index contributed by atoms with van der Waals surface area (Å²) in [5, 5.41) is 0. The van der Waals surface area contributed by atoms with Crippen molar-refractivity contribution in [3.63, 3.8) is 0 Å². The molecule has 3 N–H and O–H groups in total. The van der Waals surface area contributed by atoms with Gasteiger partial charge in [0.25, 0.3) is 0 Å².